The second-order valence-electron chi connectivity index (χ2n) is 2.62. The van der Waals surface area contributed by atoms with Gasteiger partial charge in [-0.3, -0.25) is 4.79 Å². The van der Waals surface area contributed by atoms with E-state index in [1.165, 1.54) is 0 Å². The van der Waals surface area contributed by atoms with E-state index in [0.29, 0.717) is 11.6 Å². The minimum absolute atomic E-state index is 0.0695. The molecule has 4 nitrogen and oxygen atoms in total. The molecule has 2 heterocycles. The van der Waals surface area contributed by atoms with Crippen molar-refractivity contribution in [1.29, 1.82) is 0 Å². The van der Waals surface area contributed by atoms with Gasteiger partial charge in [-0.25, -0.2) is 4.98 Å². The Morgan fingerprint density at radius 2 is 2.54 bits per heavy atom. The van der Waals surface area contributed by atoms with Crippen LogP contribution >= 0.6 is 0 Å². The largest absolute Gasteiger partial charge is 0.469 e. The molecule has 0 fully saturated rings. The van der Waals surface area contributed by atoms with Gasteiger partial charge in [0, 0.05) is 12.4 Å². The molecule has 66 valence electrons. The van der Waals surface area contributed by atoms with Gasteiger partial charge in [-0.2, -0.15) is 0 Å². The minimum Gasteiger partial charge on any atom is -0.469 e. The molecule has 0 radical (unpaired) electrons. The van der Waals surface area contributed by atoms with E-state index in [1.807, 2.05) is 0 Å². The van der Waals surface area contributed by atoms with E-state index >= 15 is 0 Å². The Kier molecular flexibility index (Phi) is 1.96. The Labute approximate surface area is 74.6 Å². The van der Waals surface area contributed by atoms with E-state index in [1.54, 1.807) is 30.8 Å². The normalized spacial score (nSPS) is 10.2. The maximum atomic E-state index is 11.4. The predicted molar refractivity (Wildman–Crippen MR) is 45.3 cm³/mol. The zero-order chi connectivity index (χ0) is 9.10. The number of carbonyl (C=O) groups excluding carboxylic acids is 1. The lowest BCUT2D eigenvalue weighted by molar-refractivity contribution is 0.0978. The lowest BCUT2D eigenvalue weighted by atomic mass is 10.2. The van der Waals surface area contributed by atoms with E-state index in [-0.39, 0.29) is 12.2 Å². The van der Waals surface area contributed by atoms with Crippen molar-refractivity contribution in [1.82, 2.24) is 9.97 Å². The first-order valence-electron chi connectivity index (χ1n) is 3.91. The average molecular weight is 176 g/mol. The van der Waals surface area contributed by atoms with Gasteiger partial charge in [0.15, 0.2) is 5.82 Å². The van der Waals surface area contributed by atoms with Gasteiger partial charge in [0.2, 0.25) is 5.78 Å². The van der Waals surface area contributed by atoms with Crippen LogP contribution in [0, 0.1) is 0 Å². The minimum atomic E-state index is -0.0695. The van der Waals surface area contributed by atoms with Crippen molar-refractivity contribution in [2.24, 2.45) is 0 Å². The SMILES string of the molecule is O=C(Cc1ccco1)c1ncc[nH]1. The van der Waals surface area contributed by atoms with E-state index < -0.39 is 0 Å². The number of Topliss-reactive ketones (excluding diaryl/α,β-unsaturated/α-hetero) is 1. The van der Waals surface area contributed by atoms with Crippen molar-refractivity contribution in [2.75, 3.05) is 0 Å². The molecule has 0 atom stereocenters. The molecule has 4 heteroatoms. The van der Waals surface area contributed by atoms with E-state index in [4.69, 9.17) is 4.42 Å². The summed E-state index contributed by atoms with van der Waals surface area (Å²) in [6.45, 7) is 0. The van der Waals surface area contributed by atoms with E-state index in [2.05, 4.69) is 9.97 Å². The van der Waals surface area contributed by atoms with Crippen LogP contribution in [0.4, 0.5) is 0 Å². The highest BCUT2D eigenvalue weighted by molar-refractivity contribution is 5.93. The number of rotatable bonds is 3. The molecule has 0 aromatic carbocycles. The zero-order valence-corrected chi connectivity index (χ0v) is 6.86. The predicted octanol–water partition coefficient (Wildman–Crippen LogP) is 1.43. The quantitative estimate of drug-likeness (QED) is 0.719. The van der Waals surface area contributed by atoms with Gasteiger partial charge in [0.25, 0.3) is 0 Å². The summed E-state index contributed by atoms with van der Waals surface area (Å²) in [5.41, 5.74) is 0. The Bertz CT molecular complexity index is 376. The standard InChI is InChI=1S/C9H8N2O2/c12-8(9-10-3-4-11-9)6-7-2-1-5-13-7/h1-5H,6H2,(H,10,11). The Balaban J connectivity index is 2.08. The third-order valence-electron chi connectivity index (χ3n) is 1.68. The molecule has 2 aromatic heterocycles. The fourth-order valence-electron chi connectivity index (χ4n) is 1.07. The molecule has 2 rings (SSSR count). The monoisotopic (exact) mass is 176 g/mol. The number of hydrogen-bond acceptors (Lipinski definition) is 3. The highest BCUT2D eigenvalue weighted by Crippen LogP contribution is 2.04. The van der Waals surface area contributed by atoms with Gasteiger partial charge < -0.3 is 9.40 Å². The molecule has 0 saturated carbocycles. The summed E-state index contributed by atoms with van der Waals surface area (Å²) in [5, 5.41) is 0. The number of aromatic amines is 1. The lowest BCUT2D eigenvalue weighted by Crippen LogP contribution is -2.04. The number of furan rings is 1. The summed E-state index contributed by atoms with van der Waals surface area (Å²) in [4.78, 5) is 18.0. The van der Waals surface area contributed by atoms with Crippen LogP contribution in [0.5, 0.6) is 0 Å². The molecule has 1 N–H and O–H groups in total. The Hall–Kier alpha value is -1.84. The Morgan fingerprint density at radius 1 is 1.62 bits per heavy atom. The van der Waals surface area contributed by atoms with Crippen molar-refractivity contribution in [3.05, 3.63) is 42.4 Å². The topological polar surface area (TPSA) is 58.9 Å². The number of hydrogen-bond donors (Lipinski definition) is 1. The highest BCUT2D eigenvalue weighted by atomic mass is 16.3. The van der Waals surface area contributed by atoms with Crippen molar-refractivity contribution in [3.63, 3.8) is 0 Å². The number of aromatic nitrogens is 2. The summed E-state index contributed by atoms with van der Waals surface area (Å²) >= 11 is 0. The fourth-order valence-corrected chi connectivity index (χ4v) is 1.07. The van der Waals surface area contributed by atoms with Crippen LogP contribution in [0.25, 0.3) is 0 Å². The van der Waals surface area contributed by atoms with Crippen LogP contribution in [0.1, 0.15) is 16.4 Å². The summed E-state index contributed by atoms with van der Waals surface area (Å²) in [7, 11) is 0. The average Bonchev–Trinajstić information content (AvgIpc) is 2.74. The third kappa shape index (κ3) is 1.66. The lowest BCUT2D eigenvalue weighted by Gasteiger charge is -1.92. The van der Waals surface area contributed by atoms with E-state index in [0.717, 1.165) is 0 Å². The molecule has 2 aromatic rings. The van der Waals surface area contributed by atoms with Crippen molar-refractivity contribution < 1.29 is 9.21 Å². The molecule has 0 bridgehead atoms. The first-order valence-corrected chi connectivity index (χ1v) is 3.91. The van der Waals surface area contributed by atoms with Crippen LogP contribution in [0.2, 0.25) is 0 Å². The number of nitrogens with one attached hydrogen (secondary N) is 1. The summed E-state index contributed by atoms with van der Waals surface area (Å²) < 4.78 is 5.04. The van der Waals surface area contributed by atoms with Crippen molar-refractivity contribution >= 4 is 5.78 Å². The van der Waals surface area contributed by atoms with Crippen molar-refractivity contribution in [3.8, 4) is 0 Å². The van der Waals surface area contributed by atoms with Crippen LogP contribution < -0.4 is 0 Å². The van der Waals surface area contributed by atoms with Gasteiger partial charge in [0.1, 0.15) is 5.76 Å². The smallest absolute Gasteiger partial charge is 0.205 e. The third-order valence-corrected chi connectivity index (χ3v) is 1.68. The fraction of sp³-hybridized carbons (Fsp3) is 0.111. The molecule has 13 heavy (non-hydrogen) atoms. The number of nitrogens with zero attached hydrogens (tertiary/aromatic N) is 1. The first-order chi connectivity index (χ1) is 6.36. The van der Waals surface area contributed by atoms with Crippen LogP contribution in [0.15, 0.2) is 35.2 Å². The second kappa shape index (κ2) is 3.26. The highest BCUT2D eigenvalue weighted by Gasteiger charge is 2.10. The van der Waals surface area contributed by atoms with Crippen molar-refractivity contribution in [2.45, 2.75) is 6.42 Å². The molecule has 0 unspecified atom stereocenters. The van der Waals surface area contributed by atoms with Gasteiger partial charge in [-0.15, -0.1) is 0 Å². The molecule has 0 saturated heterocycles. The summed E-state index contributed by atoms with van der Waals surface area (Å²) in [6.07, 6.45) is 4.97. The molecule has 0 amide bonds. The molecular weight excluding hydrogens is 168 g/mol. The number of ketones is 1. The van der Waals surface area contributed by atoms with Gasteiger partial charge in [0.05, 0.1) is 12.7 Å². The van der Waals surface area contributed by atoms with Crippen LogP contribution in [-0.4, -0.2) is 15.8 Å². The maximum absolute atomic E-state index is 11.4. The molecule has 0 spiro atoms. The van der Waals surface area contributed by atoms with Crippen LogP contribution in [-0.2, 0) is 6.42 Å². The van der Waals surface area contributed by atoms with Gasteiger partial charge >= 0.3 is 0 Å². The molecule has 0 aliphatic heterocycles. The summed E-state index contributed by atoms with van der Waals surface area (Å²) in [6, 6.07) is 3.52. The molecule has 0 aliphatic rings. The number of imidazole rings is 1. The number of carbonyl (C=O) groups is 1. The maximum Gasteiger partial charge on any atom is 0.205 e. The van der Waals surface area contributed by atoms with Crippen LogP contribution in [0.3, 0.4) is 0 Å². The second-order valence-corrected chi connectivity index (χ2v) is 2.62. The zero-order valence-electron chi connectivity index (χ0n) is 6.86. The molecule has 0 aliphatic carbocycles. The van der Waals surface area contributed by atoms with Gasteiger partial charge in [-0.1, -0.05) is 0 Å². The van der Waals surface area contributed by atoms with E-state index in [9.17, 15) is 4.79 Å². The number of H-pyrrole nitrogens is 1. The Morgan fingerprint density at radius 3 is 3.15 bits per heavy atom. The first kappa shape index (κ1) is 7.79. The molecular formula is C9H8N2O2. The summed E-state index contributed by atoms with van der Waals surface area (Å²) in [5.74, 6) is 0.956. The van der Waals surface area contributed by atoms with Gasteiger partial charge in [-0.05, 0) is 12.1 Å².